The maximum absolute atomic E-state index is 2.40. The molecule has 0 heterocycles. The Morgan fingerprint density at radius 1 is 0.565 bits per heavy atom. The van der Waals surface area contributed by atoms with Crippen LogP contribution in [-0.2, 0) is 12.8 Å². The summed E-state index contributed by atoms with van der Waals surface area (Å²) in [6.07, 6.45) is 13.5. The third-order valence-corrected chi connectivity index (χ3v) is 4.56. The zero-order valence-corrected chi connectivity index (χ0v) is 14.8. The maximum Gasteiger partial charge on any atom is -0.00257 e. The molecule has 0 fully saturated rings. The molecule has 0 saturated carbocycles. The van der Waals surface area contributed by atoms with Crippen LogP contribution in [0.25, 0.3) is 0 Å². The van der Waals surface area contributed by atoms with Gasteiger partial charge in [-0.3, -0.25) is 0 Å². The number of hydrogen-bond donors (Lipinski definition) is 0. The van der Waals surface area contributed by atoms with Gasteiger partial charge in [-0.1, -0.05) is 106 Å². The Hall–Kier alpha value is -1.56. The molecule has 2 aromatic rings. The van der Waals surface area contributed by atoms with E-state index in [0.717, 1.165) is 6.42 Å². The first kappa shape index (κ1) is 17.8. The minimum Gasteiger partial charge on any atom is -0.0654 e. The van der Waals surface area contributed by atoms with Crippen molar-refractivity contribution in [3.05, 3.63) is 71.3 Å². The summed E-state index contributed by atoms with van der Waals surface area (Å²) in [7, 11) is 0. The molecule has 0 N–H and O–H groups in total. The number of aryl methyl sites for hydroxylation is 1. The number of hydrogen-bond acceptors (Lipinski definition) is 0. The molecule has 0 bridgehead atoms. The van der Waals surface area contributed by atoms with Gasteiger partial charge in [-0.25, -0.2) is 0 Å². The van der Waals surface area contributed by atoms with Crippen molar-refractivity contribution >= 4 is 0 Å². The quantitative estimate of drug-likeness (QED) is 0.393. The predicted octanol–water partition coefficient (Wildman–Crippen LogP) is 6.96. The van der Waals surface area contributed by atoms with Gasteiger partial charge in [0.05, 0.1) is 0 Å². The molecule has 2 rings (SSSR count). The van der Waals surface area contributed by atoms with Crippen molar-refractivity contribution in [1.29, 1.82) is 0 Å². The third-order valence-electron chi connectivity index (χ3n) is 4.56. The lowest BCUT2D eigenvalue weighted by Gasteiger charge is -2.06. The summed E-state index contributed by atoms with van der Waals surface area (Å²) >= 11 is 0. The van der Waals surface area contributed by atoms with E-state index in [1.54, 1.807) is 0 Å². The van der Waals surface area contributed by atoms with Gasteiger partial charge in [0.25, 0.3) is 0 Å². The molecule has 0 nitrogen and oxygen atoms in total. The Bertz CT molecular complexity index is 527. The van der Waals surface area contributed by atoms with E-state index in [1.165, 1.54) is 74.5 Å². The van der Waals surface area contributed by atoms with Gasteiger partial charge < -0.3 is 0 Å². The van der Waals surface area contributed by atoms with Crippen molar-refractivity contribution in [3.63, 3.8) is 0 Å². The predicted molar refractivity (Wildman–Crippen MR) is 102 cm³/mol. The van der Waals surface area contributed by atoms with Gasteiger partial charge in [0.2, 0.25) is 0 Å². The van der Waals surface area contributed by atoms with Crippen LogP contribution < -0.4 is 0 Å². The molecule has 0 unspecified atom stereocenters. The van der Waals surface area contributed by atoms with Gasteiger partial charge in [-0.05, 0) is 36.0 Å². The summed E-state index contributed by atoms with van der Waals surface area (Å²) in [5, 5.41) is 0. The molecule has 0 aliphatic carbocycles. The van der Waals surface area contributed by atoms with Crippen molar-refractivity contribution < 1.29 is 0 Å². The van der Waals surface area contributed by atoms with E-state index in [-0.39, 0.29) is 0 Å². The van der Waals surface area contributed by atoms with E-state index < -0.39 is 0 Å². The Balaban J connectivity index is 1.67. The SMILES string of the molecule is CCCCCCCCCCc1cccc(Cc2ccccc2)c1. The molecule has 23 heavy (non-hydrogen) atoms. The molecule has 0 atom stereocenters. The Morgan fingerprint density at radius 3 is 1.91 bits per heavy atom. The first-order valence-electron chi connectivity index (χ1n) is 9.50. The molecular formula is C23H32. The normalized spacial score (nSPS) is 10.8. The lowest BCUT2D eigenvalue weighted by molar-refractivity contribution is 0.575. The van der Waals surface area contributed by atoms with Crippen molar-refractivity contribution in [2.45, 2.75) is 71.1 Å². The van der Waals surface area contributed by atoms with Crippen LogP contribution in [0.15, 0.2) is 54.6 Å². The Morgan fingerprint density at radius 2 is 1.17 bits per heavy atom. The highest BCUT2D eigenvalue weighted by Gasteiger charge is 1.99. The largest absolute Gasteiger partial charge is 0.0654 e. The number of unbranched alkanes of at least 4 members (excludes halogenated alkanes) is 7. The minimum absolute atomic E-state index is 1.05. The standard InChI is InChI=1S/C23H32/c1-2-3-4-5-6-7-8-10-14-22-17-13-18-23(20-22)19-21-15-11-9-12-16-21/h9,11-13,15-18,20H,2-8,10,14,19H2,1H3. The van der Waals surface area contributed by atoms with Crippen LogP contribution >= 0.6 is 0 Å². The molecule has 0 spiro atoms. The second kappa shape index (κ2) is 11.0. The van der Waals surface area contributed by atoms with Crippen molar-refractivity contribution in [3.8, 4) is 0 Å². The fourth-order valence-electron chi connectivity index (χ4n) is 3.19. The molecule has 2 aromatic carbocycles. The summed E-state index contributed by atoms with van der Waals surface area (Å²) in [6, 6.07) is 19.9. The van der Waals surface area contributed by atoms with E-state index in [0.29, 0.717) is 0 Å². The molecule has 0 radical (unpaired) electrons. The van der Waals surface area contributed by atoms with Crippen LogP contribution in [0.3, 0.4) is 0 Å². The first-order valence-corrected chi connectivity index (χ1v) is 9.50. The molecule has 0 aliphatic rings. The lowest BCUT2D eigenvalue weighted by Crippen LogP contribution is -1.91. The van der Waals surface area contributed by atoms with E-state index >= 15 is 0 Å². The van der Waals surface area contributed by atoms with Gasteiger partial charge in [0.1, 0.15) is 0 Å². The molecule has 0 saturated heterocycles. The van der Waals surface area contributed by atoms with Gasteiger partial charge in [0, 0.05) is 0 Å². The minimum atomic E-state index is 1.05. The zero-order valence-electron chi connectivity index (χ0n) is 14.8. The average molecular weight is 309 g/mol. The van der Waals surface area contributed by atoms with Crippen molar-refractivity contribution in [2.24, 2.45) is 0 Å². The highest BCUT2D eigenvalue weighted by Crippen LogP contribution is 2.15. The molecule has 0 aliphatic heterocycles. The molecule has 0 heteroatoms. The smallest absolute Gasteiger partial charge is 0.00257 e. The van der Waals surface area contributed by atoms with E-state index in [9.17, 15) is 0 Å². The third kappa shape index (κ3) is 7.50. The molecule has 124 valence electrons. The van der Waals surface area contributed by atoms with Crippen LogP contribution in [0.1, 0.15) is 75.0 Å². The van der Waals surface area contributed by atoms with Crippen LogP contribution in [0.5, 0.6) is 0 Å². The van der Waals surface area contributed by atoms with Crippen LogP contribution in [0.2, 0.25) is 0 Å². The molecule has 0 amide bonds. The molecular weight excluding hydrogens is 276 g/mol. The van der Waals surface area contributed by atoms with Crippen molar-refractivity contribution in [1.82, 2.24) is 0 Å². The first-order chi connectivity index (χ1) is 11.4. The monoisotopic (exact) mass is 308 g/mol. The molecule has 0 aromatic heterocycles. The summed E-state index contributed by atoms with van der Waals surface area (Å²) in [5.41, 5.74) is 4.34. The van der Waals surface area contributed by atoms with E-state index in [1.807, 2.05) is 0 Å². The maximum atomic E-state index is 2.40. The zero-order chi connectivity index (χ0) is 16.2. The topological polar surface area (TPSA) is 0 Å². The summed E-state index contributed by atoms with van der Waals surface area (Å²) in [5.74, 6) is 0. The highest BCUT2D eigenvalue weighted by molar-refractivity contribution is 5.29. The van der Waals surface area contributed by atoms with Gasteiger partial charge in [-0.15, -0.1) is 0 Å². The van der Waals surface area contributed by atoms with E-state index in [4.69, 9.17) is 0 Å². The second-order valence-corrected chi connectivity index (χ2v) is 6.71. The summed E-state index contributed by atoms with van der Waals surface area (Å²) in [4.78, 5) is 0. The Kier molecular flexibility index (Phi) is 8.55. The average Bonchev–Trinajstić information content (AvgIpc) is 2.58. The highest BCUT2D eigenvalue weighted by atomic mass is 14.0. The Labute approximate surface area is 143 Å². The second-order valence-electron chi connectivity index (χ2n) is 6.71. The van der Waals surface area contributed by atoms with Crippen LogP contribution in [0, 0.1) is 0 Å². The van der Waals surface area contributed by atoms with Crippen LogP contribution in [0.4, 0.5) is 0 Å². The van der Waals surface area contributed by atoms with Gasteiger partial charge in [0.15, 0.2) is 0 Å². The fourth-order valence-corrected chi connectivity index (χ4v) is 3.19. The van der Waals surface area contributed by atoms with Gasteiger partial charge >= 0.3 is 0 Å². The number of benzene rings is 2. The van der Waals surface area contributed by atoms with Crippen LogP contribution in [-0.4, -0.2) is 0 Å². The number of rotatable bonds is 11. The van der Waals surface area contributed by atoms with E-state index in [2.05, 4.69) is 61.5 Å². The van der Waals surface area contributed by atoms with Crippen molar-refractivity contribution in [2.75, 3.05) is 0 Å². The fraction of sp³-hybridized carbons (Fsp3) is 0.478. The summed E-state index contributed by atoms with van der Waals surface area (Å²) < 4.78 is 0. The lowest BCUT2D eigenvalue weighted by atomic mass is 9.99. The van der Waals surface area contributed by atoms with Gasteiger partial charge in [-0.2, -0.15) is 0 Å². The summed E-state index contributed by atoms with van der Waals surface area (Å²) in [6.45, 7) is 2.28.